The third-order valence-electron chi connectivity index (χ3n) is 3.37. The lowest BCUT2D eigenvalue weighted by molar-refractivity contribution is 0.182. The molecule has 1 atom stereocenters. The van der Waals surface area contributed by atoms with Crippen LogP contribution < -0.4 is 5.73 Å². The van der Waals surface area contributed by atoms with Gasteiger partial charge in [0.2, 0.25) is 0 Å². The van der Waals surface area contributed by atoms with Crippen molar-refractivity contribution in [2.75, 3.05) is 6.54 Å². The molecule has 2 heterocycles. The van der Waals surface area contributed by atoms with Crippen molar-refractivity contribution in [3.8, 4) is 0 Å². The lowest BCUT2D eigenvalue weighted by atomic mass is 10.1. The zero-order valence-corrected chi connectivity index (χ0v) is 9.98. The second-order valence-electron chi connectivity index (χ2n) is 4.66. The lowest BCUT2D eigenvalue weighted by Gasteiger charge is -2.25. The van der Waals surface area contributed by atoms with Gasteiger partial charge in [-0.3, -0.25) is 4.90 Å². The number of nitrogens with two attached hydrogens (primary N) is 1. The first kappa shape index (κ1) is 11.6. The molecule has 4 heteroatoms. The predicted molar refractivity (Wildman–Crippen MR) is 62.7 cm³/mol. The molecule has 1 saturated heterocycles. The van der Waals surface area contributed by atoms with Gasteiger partial charge in [0.15, 0.2) is 5.76 Å². The van der Waals surface area contributed by atoms with E-state index in [0.717, 1.165) is 18.0 Å². The third kappa shape index (κ3) is 2.83. The molecule has 2 N–H and O–H groups in total. The van der Waals surface area contributed by atoms with Crippen molar-refractivity contribution in [1.29, 1.82) is 0 Å². The maximum absolute atomic E-state index is 5.51. The van der Waals surface area contributed by atoms with Crippen LogP contribution in [0.3, 0.4) is 0 Å². The van der Waals surface area contributed by atoms with Gasteiger partial charge in [-0.05, 0) is 26.3 Å². The number of nitrogens with zero attached hydrogens (tertiary/aromatic N) is 2. The topological polar surface area (TPSA) is 55.3 Å². The summed E-state index contributed by atoms with van der Waals surface area (Å²) >= 11 is 0. The summed E-state index contributed by atoms with van der Waals surface area (Å²) in [4.78, 5) is 2.48. The van der Waals surface area contributed by atoms with Crippen LogP contribution in [-0.2, 0) is 13.1 Å². The molecule has 2 rings (SSSR count). The molecule has 1 aromatic rings. The van der Waals surface area contributed by atoms with Crippen LogP contribution in [0.25, 0.3) is 0 Å². The van der Waals surface area contributed by atoms with Gasteiger partial charge < -0.3 is 10.3 Å². The van der Waals surface area contributed by atoms with Gasteiger partial charge in [-0.2, -0.15) is 0 Å². The van der Waals surface area contributed by atoms with Crippen molar-refractivity contribution in [2.24, 2.45) is 5.73 Å². The van der Waals surface area contributed by atoms with E-state index in [4.69, 9.17) is 10.3 Å². The summed E-state index contributed by atoms with van der Waals surface area (Å²) in [7, 11) is 0. The highest BCUT2D eigenvalue weighted by Gasteiger charge is 2.18. The number of hydrogen-bond donors (Lipinski definition) is 1. The average molecular weight is 223 g/mol. The van der Waals surface area contributed by atoms with Crippen molar-refractivity contribution < 1.29 is 4.52 Å². The van der Waals surface area contributed by atoms with E-state index in [1.54, 1.807) is 0 Å². The van der Waals surface area contributed by atoms with Crippen molar-refractivity contribution in [1.82, 2.24) is 10.1 Å². The van der Waals surface area contributed by atoms with E-state index in [9.17, 15) is 0 Å². The van der Waals surface area contributed by atoms with Crippen LogP contribution in [0.1, 0.15) is 44.1 Å². The molecule has 4 nitrogen and oxygen atoms in total. The molecule has 1 unspecified atom stereocenters. The molecule has 1 aromatic heterocycles. The van der Waals surface area contributed by atoms with Crippen LogP contribution in [0.5, 0.6) is 0 Å². The summed E-state index contributed by atoms with van der Waals surface area (Å²) < 4.78 is 5.28. The maximum Gasteiger partial charge on any atom is 0.151 e. The molecule has 0 radical (unpaired) electrons. The van der Waals surface area contributed by atoms with Gasteiger partial charge in [0.25, 0.3) is 0 Å². The Morgan fingerprint density at radius 2 is 2.38 bits per heavy atom. The fourth-order valence-corrected chi connectivity index (χ4v) is 2.30. The van der Waals surface area contributed by atoms with Gasteiger partial charge in [0.1, 0.15) is 0 Å². The van der Waals surface area contributed by atoms with E-state index in [1.807, 2.05) is 6.07 Å². The fourth-order valence-electron chi connectivity index (χ4n) is 2.30. The molecule has 16 heavy (non-hydrogen) atoms. The van der Waals surface area contributed by atoms with Gasteiger partial charge in [-0.25, -0.2) is 0 Å². The first-order chi connectivity index (χ1) is 7.79. The number of aromatic nitrogens is 1. The Morgan fingerprint density at radius 1 is 1.50 bits per heavy atom. The van der Waals surface area contributed by atoms with Crippen LogP contribution in [0.4, 0.5) is 0 Å². The smallest absolute Gasteiger partial charge is 0.151 e. The van der Waals surface area contributed by atoms with Crippen molar-refractivity contribution >= 4 is 0 Å². The normalized spacial score (nSPS) is 23.2. The molecule has 0 amide bonds. The second kappa shape index (κ2) is 5.46. The summed E-state index contributed by atoms with van der Waals surface area (Å²) in [6.45, 7) is 4.79. The molecule has 0 bridgehead atoms. The minimum Gasteiger partial charge on any atom is -0.360 e. The van der Waals surface area contributed by atoms with Gasteiger partial charge in [-0.1, -0.05) is 18.0 Å². The zero-order valence-electron chi connectivity index (χ0n) is 9.98. The molecule has 0 aliphatic carbocycles. The zero-order chi connectivity index (χ0) is 11.4. The Balaban J connectivity index is 1.96. The van der Waals surface area contributed by atoms with E-state index in [-0.39, 0.29) is 0 Å². The van der Waals surface area contributed by atoms with E-state index in [1.165, 1.54) is 32.2 Å². The van der Waals surface area contributed by atoms with Gasteiger partial charge >= 0.3 is 0 Å². The third-order valence-corrected chi connectivity index (χ3v) is 3.37. The molecule has 1 fully saturated rings. The van der Waals surface area contributed by atoms with E-state index in [2.05, 4.69) is 17.0 Å². The molecule has 0 spiro atoms. The Morgan fingerprint density at radius 3 is 3.12 bits per heavy atom. The highest BCUT2D eigenvalue weighted by Crippen LogP contribution is 2.19. The van der Waals surface area contributed by atoms with Crippen molar-refractivity contribution in [2.45, 2.75) is 51.7 Å². The molecule has 0 saturated carbocycles. The predicted octanol–water partition coefficient (Wildman–Crippen LogP) is 1.90. The van der Waals surface area contributed by atoms with Crippen molar-refractivity contribution in [3.63, 3.8) is 0 Å². The SMILES string of the molecule is CC1CCCCCN1Cc1cc(CN)no1. The van der Waals surface area contributed by atoms with E-state index < -0.39 is 0 Å². The van der Waals surface area contributed by atoms with Crippen LogP contribution in [0.15, 0.2) is 10.6 Å². The second-order valence-corrected chi connectivity index (χ2v) is 4.66. The molecule has 1 aliphatic heterocycles. The minimum atomic E-state index is 0.457. The number of rotatable bonds is 3. The first-order valence-corrected chi connectivity index (χ1v) is 6.18. The Kier molecular flexibility index (Phi) is 3.96. The number of likely N-dealkylation sites (tertiary alicyclic amines) is 1. The van der Waals surface area contributed by atoms with E-state index in [0.29, 0.717) is 12.6 Å². The van der Waals surface area contributed by atoms with Crippen LogP contribution in [-0.4, -0.2) is 22.6 Å². The standard InChI is InChI=1S/C12H21N3O/c1-10-5-3-2-4-6-15(10)9-12-7-11(8-13)14-16-12/h7,10H,2-6,8-9,13H2,1H3. The van der Waals surface area contributed by atoms with Gasteiger partial charge in [-0.15, -0.1) is 0 Å². The summed E-state index contributed by atoms with van der Waals surface area (Å²) in [6, 6.07) is 2.62. The molecular weight excluding hydrogens is 202 g/mol. The number of hydrogen-bond acceptors (Lipinski definition) is 4. The molecule has 1 aliphatic rings. The quantitative estimate of drug-likeness (QED) is 0.850. The van der Waals surface area contributed by atoms with Crippen molar-refractivity contribution in [3.05, 3.63) is 17.5 Å². The summed E-state index contributed by atoms with van der Waals surface area (Å²) in [5.41, 5.74) is 6.36. The summed E-state index contributed by atoms with van der Waals surface area (Å²) in [5.74, 6) is 0.939. The fraction of sp³-hybridized carbons (Fsp3) is 0.750. The molecule has 0 aromatic carbocycles. The van der Waals surface area contributed by atoms with Crippen LogP contribution in [0.2, 0.25) is 0 Å². The minimum absolute atomic E-state index is 0.457. The lowest BCUT2D eigenvalue weighted by Crippen LogP contribution is -2.31. The Hall–Kier alpha value is -0.870. The highest BCUT2D eigenvalue weighted by atomic mass is 16.5. The largest absolute Gasteiger partial charge is 0.360 e. The molecular formula is C12H21N3O. The monoisotopic (exact) mass is 223 g/mol. The van der Waals surface area contributed by atoms with Gasteiger partial charge in [0.05, 0.1) is 12.2 Å². The Bertz CT molecular complexity index is 324. The van der Waals surface area contributed by atoms with Gasteiger partial charge in [0, 0.05) is 18.7 Å². The highest BCUT2D eigenvalue weighted by molar-refractivity contribution is 5.04. The van der Waals surface area contributed by atoms with Crippen LogP contribution >= 0.6 is 0 Å². The first-order valence-electron chi connectivity index (χ1n) is 6.18. The Labute approximate surface area is 96.8 Å². The molecule has 90 valence electrons. The summed E-state index contributed by atoms with van der Waals surface area (Å²) in [5, 5.41) is 3.92. The van der Waals surface area contributed by atoms with Crippen LogP contribution in [0, 0.1) is 0 Å². The maximum atomic E-state index is 5.51. The van der Waals surface area contributed by atoms with E-state index >= 15 is 0 Å². The average Bonchev–Trinajstić information content (AvgIpc) is 2.65. The summed E-state index contributed by atoms with van der Waals surface area (Å²) in [6.07, 6.45) is 5.29.